The highest BCUT2D eigenvalue weighted by atomic mass is 16.2. The summed E-state index contributed by atoms with van der Waals surface area (Å²) in [5.74, 6) is 0.595. The lowest BCUT2D eigenvalue weighted by Crippen LogP contribution is -2.50. The summed E-state index contributed by atoms with van der Waals surface area (Å²) in [6, 6.07) is 9.85. The predicted molar refractivity (Wildman–Crippen MR) is 107 cm³/mol. The molecule has 0 spiro atoms. The SMILES string of the molecule is CCC(C)c1ccc(C(=O)N2CCN(C(=O)c3cc(C)[nH]c3C)CC2)cc1. The second-order valence-electron chi connectivity index (χ2n) is 7.51. The number of rotatable bonds is 4. The molecular weight excluding hydrogens is 338 g/mol. The largest absolute Gasteiger partial charge is 0.362 e. The fourth-order valence-corrected chi connectivity index (χ4v) is 3.60. The van der Waals surface area contributed by atoms with E-state index in [0.29, 0.717) is 32.1 Å². The van der Waals surface area contributed by atoms with Crippen molar-refractivity contribution in [1.82, 2.24) is 14.8 Å². The number of piperazine rings is 1. The molecule has 2 aromatic rings. The predicted octanol–water partition coefficient (Wildman–Crippen LogP) is 3.74. The molecule has 2 heterocycles. The van der Waals surface area contributed by atoms with E-state index < -0.39 is 0 Å². The first-order valence-corrected chi connectivity index (χ1v) is 9.75. The van der Waals surface area contributed by atoms with Gasteiger partial charge >= 0.3 is 0 Å². The van der Waals surface area contributed by atoms with E-state index in [1.807, 2.05) is 41.8 Å². The summed E-state index contributed by atoms with van der Waals surface area (Å²) in [6.07, 6.45) is 1.09. The highest BCUT2D eigenvalue weighted by Crippen LogP contribution is 2.20. The standard InChI is InChI=1S/C22H29N3O2/c1-5-15(2)18-6-8-19(9-7-18)21(26)24-10-12-25(13-11-24)22(27)20-14-16(3)23-17(20)4/h6-9,14-15,23H,5,10-13H2,1-4H3. The van der Waals surface area contributed by atoms with Crippen LogP contribution >= 0.6 is 0 Å². The summed E-state index contributed by atoms with van der Waals surface area (Å²) in [5, 5.41) is 0. The van der Waals surface area contributed by atoms with Gasteiger partial charge < -0.3 is 14.8 Å². The van der Waals surface area contributed by atoms with Gasteiger partial charge in [0, 0.05) is 43.1 Å². The molecule has 1 N–H and O–H groups in total. The van der Waals surface area contributed by atoms with Crippen LogP contribution in [0.15, 0.2) is 30.3 Å². The van der Waals surface area contributed by atoms with Crippen molar-refractivity contribution in [2.24, 2.45) is 0 Å². The molecule has 1 atom stereocenters. The third-order valence-electron chi connectivity index (χ3n) is 5.57. The number of aryl methyl sites for hydroxylation is 2. The molecule has 1 aliphatic heterocycles. The number of nitrogens with one attached hydrogen (secondary N) is 1. The van der Waals surface area contributed by atoms with Gasteiger partial charge in [0.05, 0.1) is 5.56 Å². The lowest BCUT2D eigenvalue weighted by molar-refractivity contribution is 0.0535. The number of amides is 2. The monoisotopic (exact) mass is 367 g/mol. The van der Waals surface area contributed by atoms with E-state index in [1.165, 1.54) is 5.56 Å². The van der Waals surface area contributed by atoms with Crippen molar-refractivity contribution >= 4 is 11.8 Å². The number of hydrogen-bond acceptors (Lipinski definition) is 2. The second-order valence-corrected chi connectivity index (χ2v) is 7.51. The average molecular weight is 367 g/mol. The number of carbonyl (C=O) groups excluding carboxylic acids is 2. The van der Waals surface area contributed by atoms with E-state index >= 15 is 0 Å². The number of carbonyl (C=O) groups is 2. The van der Waals surface area contributed by atoms with Crippen molar-refractivity contribution in [3.05, 3.63) is 58.4 Å². The zero-order chi connectivity index (χ0) is 19.6. The Kier molecular flexibility index (Phi) is 5.68. The van der Waals surface area contributed by atoms with E-state index in [4.69, 9.17) is 0 Å². The Balaban J connectivity index is 1.61. The Labute approximate surface area is 161 Å². The Bertz CT molecular complexity index is 815. The maximum Gasteiger partial charge on any atom is 0.255 e. The van der Waals surface area contributed by atoms with Crippen molar-refractivity contribution in [2.75, 3.05) is 26.2 Å². The molecule has 1 aromatic carbocycles. The Morgan fingerprint density at radius 3 is 2.04 bits per heavy atom. The molecule has 0 bridgehead atoms. The van der Waals surface area contributed by atoms with Crippen LogP contribution in [0.4, 0.5) is 0 Å². The van der Waals surface area contributed by atoms with Gasteiger partial charge in [0.2, 0.25) is 0 Å². The minimum atomic E-state index is 0.0434. The molecule has 5 nitrogen and oxygen atoms in total. The summed E-state index contributed by atoms with van der Waals surface area (Å²) >= 11 is 0. The molecule has 0 saturated carbocycles. The van der Waals surface area contributed by atoms with Crippen molar-refractivity contribution < 1.29 is 9.59 Å². The van der Waals surface area contributed by atoms with Crippen molar-refractivity contribution in [1.29, 1.82) is 0 Å². The average Bonchev–Trinajstić information content (AvgIpc) is 3.04. The summed E-state index contributed by atoms with van der Waals surface area (Å²) in [6.45, 7) is 10.5. The van der Waals surface area contributed by atoms with Gasteiger partial charge in [0.1, 0.15) is 0 Å². The molecule has 2 amide bonds. The highest BCUT2D eigenvalue weighted by Gasteiger charge is 2.26. The molecule has 144 valence electrons. The van der Waals surface area contributed by atoms with Gasteiger partial charge in [-0.1, -0.05) is 26.0 Å². The van der Waals surface area contributed by atoms with Crippen molar-refractivity contribution in [2.45, 2.75) is 40.0 Å². The van der Waals surface area contributed by atoms with Crippen LogP contribution in [0.2, 0.25) is 0 Å². The van der Waals surface area contributed by atoms with Crippen molar-refractivity contribution in [3.63, 3.8) is 0 Å². The number of benzene rings is 1. The number of hydrogen-bond donors (Lipinski definition) is 1. The van der Waals surface area contributed by atoms with Gasteiger partial charge in [-0.25, -0.2) is 0 Å². The molecule has 5 heteroatoms. The fraction of sp³-hybridized carbons (Fsp3) is 0.455. The first-order chi connectivity index (χ1) is 12.9. The van der Waals surface area contributed by atoms with Gasteiger partial charge in [-0.2, -0.15) is 0 Å². The smallest absolute Gasteiger partial charge is 0.255 e. The third-order valence-corrected chi connectivity index (χ3v) is 5.57. The Morgan fingerprint density at radius 2 is 1.56 bits per heavy atom. The molecular formula is C22H29N3O2. The van der Waals surface area contributed by atoms with E-state index in [-0.39, 0.29) is 11.8 Å². The quantitative estimate of drug-likeness (QED) is 0.895. The van der Waals surface area contributed by atoms with Gasteiger partial charge in [0.15, 0.2) is 0 Å². The maximum atomic E-state index is 12.8. The van der Waals surface area contributed by atoms with Crippen LogP contribution in [0.5, 0.6) is 0 Å². The third kappa shape index (κ3) is 4.07. The zero-order valence-corrected chi connectivity index (χ0v) is 16.7. The first-order valence-electron chi connectivity index (χ1n) is 9.75. The van der Waals surface area contributed by atoms with Crippen LogP contribution in [0.25, 0.3) is 0 Å². The molecule has 1 fully saturated rings. The topological polar surface area (TPSA) is 56.4 Å². The van der Waals surface area contributed by atoms with Crippen molar-refractivity contribution in [3.8, 4) is 0 Å². The molecule has 1 unspecified atom stereocenters. The number of nitrogens with zero attached hydrogens (tertiary/aromatic N) is 2. The van der Waals surface area contributed by atoms with E-state index in [9.17, 15) is 9.59 Å². The second kappa shape index (κ2) is 7.99. The molecule has 1 saturated heterocycles. The molecule has 1 aromatic heterocycles. The van der Waals surface area contributed by atoms with Crippen LogP contribution < -0.4 is 0 Å². The van der Waals surface area contributed by atoms with Gasteiger partial charge in [-0.15, -0.1) is 0 Å². The lowest BCUT2D eigenvalue weighted by atomic mass is 9.97. The molecule has 0 aliphatic carbocycles. The zero-order valence-electron chi connectivity index (χ0n) is 16.7. The number of aromatic amines is 1. The molecule has 1 aliphatic rings. The minimum Gasteiger partial charge on any atom is -0.362 e. The normalized spacial score (nSPS) is 15.7. The Morgan fingerprint density at radius 1 is 1.00 bits per heavy atom. The Hall–Kier alpha value is -2.56. The van der Waals surface area contributed by atoms with Crippen LogP contribution in [-0.4, -0.2) is 52.8 Å². The molecule has 3 rings (SSSR count). The summed E-state index contributed by atoms with van der Waals surface area (Å²) in [5.41, 5.74) is 4.61. The summed E-state index contributed by atoms with van der Waals surface area (Å²) in [4.78, 5) is 32.3. The van der Waals surface area contributed by atoms with Crippen LogP contribution in [0.1, 0.15) is 63.9 Å². The summed E-state index contributed by atoms with van der Waals surface area (Å²) in [7, 11) is 0. The number of aromatic nitrogens is 1. The maximum absolute atomic E-state index is 12.8. The van der Waals surface area contributed by atoms with E-state index in [1.54, 1.807) is 0 Å². The fourth-order valence-electron chi connectivity index (χ4n) is 3.60. The lowest BCUT2D eigenvalue weighted by Gasteiger charge is -2.35. The van der Waals surface area contributed by atoms with E-state index in [2.05, 4.69) is 31.0 Å². The van der Waals surface area contributed by atoms with Crippen LogP contribution in [-0.2, 0) is 0 Å². The molecule has 0 radical (unpaired) electrons. The summed E-state index contributed by atoms with van der Waals surface area (Å²) < 4.78 is 0. The first kappa shape index (κ1) is 19.2. The number of H-pyrrole nitrogens is 1. The van der Waals surface area contributed by atoms with Gasteiger partial charge in [0.25, 0.3) is 11.8 Å². The molecule has 27 heavy (non-hydrogen) atoms. The van der Waals surface area contributed by atoms with Crippen LogP contribution in [0.3, 0.4) is 0 Å². The van der Waals surface area contributed by atoms with E-state index in [0.717, 1.165) is 28.9 Å². The van der Waals surface area contributed by atoms with Gasteiger partial charge in [-0.3, -0.25) is 9.59 Å². The van der Waals surface area contributed by atoms with Gasteiger partial charge in [-0.05, 0) is 49.9 Å². The van der Waals surface area contributed by atoms with Crippen LogP contribution in [0, 0.1) is 13.8 Å². The highest BCUT2D eigenvalue weighted by molar-refractivity contribution is 5.96. The minimum absolute atomic E-state index is 0.0434.